The van der Waals surface area contributed by atoms with Crippen molar-refractivity contribution in [3.63, 3.8) is 0 Å². The summed E-state index contributed by atoms with van der Waals surface area (Å²) in [5.41, 5.74) is 1.97. The van der Waals surface area contributed by atoms with Crippen LogP contribution >= 0.6 is 0 Å². The van der Waals surface area contributed by atoms with Crippen LogP contribution in [-0.2, 0) is 16.1 Å². The van der Waals surface area contributed by atoms with Crippen LogP contribution in [0.4, 0.5) is 0 Å². The summed E-state index contributed by atoms with van der Waals surface area (Å²) in [4.78, 5) is 29.4. The highest BCUT2D eigenvalue weighted by Gasteiger charge is 2.25. The minimum atomic E-state index is -0.646. The Morgan fingerprint density at radius 2 is 1.38 bits per heavy atom. The van der Waals surface area contributed by atoms with E-state index in [0.717, 1.165) is 48.8 Å². The van der Waals surface area contributed by atoms with E-state index in [9.17, 15) is 9.59 Å². The van der Waals surface area contributed by atoms with E-state index in [0.29, 0.717) is 6.54 Å². The number of amides is 2. The summed E-state index contributed by atoms with van der Waals surface area (Å²) in [5.74, 6) is 0.248. The van der Waals surface area contributed by atoms with Crippen molar-refractivity contribution in [2.45, 2.75) is 12.6 Å². The lowest BCUT2D eigenvalue weighted by molar-refractivity contribution is -0.139. The third-order valence-electron chi connectivity index (χ3n) is 5.75. The van der Waals surface area contributed by atoms with E-state index in [2.05, 4.69) is 27.5 Å². The highest BCUT2D eigenvalue weighted by Crippen LogP contribution is 2.24. The molecule has 1 saturated heterocycles. The van der Waals surface area contributed by atoms with Crippen molar-refractivity contribution >= 4 is 11.8 Å². The molecule has 2 aromatic carbocycles. The molecule has 3 rings (SSSR count). The van der Waals surface area contributed by atoms with E-state index in [-0.39, 0.29) is 12.6 Å². The zero-order valence-electron chi connectivity index (χ0n) is 19.0. The second-order valence-electron chi connectivity index (χ2n) is 7.87. The fourth-order valence-corrected chi connectivity index (χ4v) is 3.69. The van der Waals surface area contributed by atoms with Gasteiger partial charge in [0.25, 0.3) is 0 Å². The number of ether oxygens (including phenoxy) is 2. The topological polar surface area (TPSA) is 83.1 Å². The van der Waals surface area contributed by atoms with Gasteiger partial charge in [-0.1, -0.05) is 24.3 Å². The Balaban J connectivity index is 1.58. The van der Waals surface area contributed by atoms with E-state index in [1.807, 2.05) is 48.5 Å². The molecule has 0 radical (unpaired) electrons. The van der Waals surface area contributed by atoms with Crippen LogP contribution in [0, 0.1) is 0 Å². The number of nitrogens with one attached hydrogen (secondary N) is 2. The molecule has 1 atom stereocenters. The summed E-state index contributed by atoms with van der Waals surface area (Å²) in [5, 5.41) is 5.49. The molecule has 2 amide bonds. The van der Waals surface area contributed by atoms with Gasteiger partial charge >= 0.3 is 11.8 Å². The Labute approximate surface area is 189 Å². The molecule has 0 aromatic heterocycles. The molecule has 8 heteroatoms. The molecule has 1 fully saturated rings. The lowest BCUT2D eigenvalue weighted by Gasteiger charge is -2.38. The van der Waals surface area contributed by atoms with Crippen LogP contribution in [-0.4, -0.2) is 75.6 Å². The minimum Gasteiger partial charge on any atom is -0.497 e. The third-order valence-corrected chi connectivity index (χ3v) is 5.75. The number of likely N-dealkylation sites (N-methyl/N-ethyl adjacent to an activating group) is 1. The van der Waals surface area contributed by atoms with E-state index >= 15 is 0 Å². The maximum absolute atomic E-state index is 12.4. The van der Waals surface area contributed by atoms with Crippen LogP contribution in [0.3, 0.4) is 0 Å². The smallest absolute Gasteiger partial charge is 0.309 e. The van der Waals surface area contributed by atoms with Gasteiger partial charge in [0.1, 0.15) is 11.5 Å². The summed E-state index contributed by atoms with van der Waals surface area (Å²) in [6.07, 6.45) is 0. The van der Waals surface area contributed by atoms with Crippen molar-refractivity contribution in [1.29, 1.82) is 0 Å². The number of piperazine rings is 1. The fraction of sp³-hybridized carbons (Fsp3) is 0.417. The lowest BCUT2D eigenvalue weighted by atomic mass is 10.0. The number of carbonyl (C=O) groups is 2. The van der Waals surface area contributed by atoms with Gasteiger partial charge in [-0.3, -0.25) is 14.5 Å². The summed E-state index contributed by atoms with van der Waals surface area (Å²) in [7, 11) is 5.34. The average Bonchev–Trinajstić information content (AvgIpc) is 2.84. The summed E-state index contributed by atoms with van der Waals surface area (Å²) < 4.78 is 10.4. The molecule has 1 aliphatic heterocycles. The minimum absolute atomic E-state index is 0.0204. The van der Waals surface area contributed by atoms with Crippen molar-refractivity contribution in [1.82, 2.24) is 20.4 Å². The molecule has 0 saturated carbocycles. The van der Waals surface area contributed by atoms with Crippen LogP contribution in [0.5, 0.6) is 11.5 Å². The Kier molecular flexibility index (Phi) is 8.47. The zero-order valence-corrected chi connectivity index (χ0v) is 19.0. The van der Waals surface area contributed by atoms with Gasteiger partial charge in [-0.25, -0.2) is 0 Å². The SMILES string of the molecule is COc1ccc(CNC(=O)C(=O)NC[C@@H](c2ccc(OC)cc2)N2CCN(C)CC2)cc1. The standard InChI is InChI=1S/C24H32N4O4/c1-27-12-14-28(15-13-27)22(19-6-10-21(32-3)11-7-19)17-26-24(30)23(29)25-16-18-4-8-20(31-2)9-5-18/h4-11,22H,12-17H2,1-3H3,(H,25,29)(H,26,30)/t22-/m0/s1. The lowest BCUT2D eigenvalue weighted by Crippen LogP contribution is -2.49. The van der Waals surface area contributed by atoms with Crippen molar-refractivity contribution in [3.05, 3.63) is 59.7 Å². The Bertz CT molecular complexity index is 878. The van der Waals surface area contributed by atoms with E-state index < -0.39 is 11.8 Å². The van der Waals surface area contributed by atoms with Gasteiger partial charge in [0.05, 0.1) is 20.3 Å². The van der Waals surface area contributed by atoms with Crippen molar-refractivity contribution in [2.75, 3.05) is 54.0 Å². The quantitative estimate of drug-likeness (QED) is 0.605. The monoisotopic (exact) mass is 440 g/mol. The average molecular weight is 441 g/mol. The number of rotatable bonds is 8. The highest BCUT2D eigenvalue weighted by molar-refractivity contribution is 6.35. The first kappa shape index (κ1) is 23.6. The summed E-state index contributed by atoms with van der Waals surface area (Å²) >= 11 is 0. The molecule has 0 bridgehead atoms. The molecular formula is C24H32N4O4. The molecule has 1 aliphatic rings. The molecule has 8 nitrogen and oxygen atoms in total. The van der Waals surface area contributed by atoms with Gasteiger partial charge in [0, 0.05) is 39.3 Å². The normalized spacial score (nSPS) is 15.6. The van der Waals surface area contributed by atoms with Crippen LogP contribution in [0.25, 0.3) is 0 Å². The largest absolute Gasteiger partial charge is 0.497 e. The molecule has 0 spiro atoms. The highest BCUT2D eigenvalue weighted by atomic mass is 16.5. The number of benzene rings is 2. The van der Waals surface area contributed by atoms with Gasteiger partial charge < -0.3 is 25.0 Å². The fourth-order valence-electron chi connectivity index (χ4n) is 3.69. The molecule has 2 N–H and O–H groups in total. The predicted octanol–water partition coefficient (Wildman–Crippen LogP) is 1.42. The molecule has 172 valence electrons. The first-order chi connectivity index (χ1) is 15.5. The number of carbonyl (C=O) groups excluding carboxylic acids is 2. The third kappa shape index (κ3) is 6.45. The van der Waals surface area contributed by atoms with Gasteiger partial charge in [-0.15, -0.1) is 0 Å². The Morgan fingerprint density at radius 1 is 0.844 bits per heavy atom. The van der Waals surface area contributed by atoms with Gasteiger partial charge in [0.15, 0.2) is 0 Å². The molecule has 32 heavy (non-hydrogen) atoms. The van der Waals surface area contributed by atoms with Gasteiger partial charge in [-0.05, 0) is 42.4 Å². The zero-order chi connectivity index (χ0) is 22.9. The number of hydrogen-bond acceptors (Lipinski definition) is 6. The van der Waals surface area contributed by atoms with E-state index in [1.54, 1.807) is 14.2 Å². The number of hydrogen-bond donors (Lipinski definition) is 2. The summed E-state index contributed by atoms with van der Waals surface area (Å²) in [6, 6.07) is 15.2. The first-order valence-electron chi connectivity index (χ1n) is 10.8. The first-order valence-corrected chi connectivity index (χ1v) is 10.8. The molecule has 0 aliphatic carbocycles. The van der Waals surface area contributed by atoms with Crippen LogP contribution in [0.1, 0.15) is 17.2 Å². The van der Waals surface area contributed by atoms with Crippen LogP contribution in [0.15, 0.2) is 48.5 Å². The summed E-state index contributed by atoms with van der Waals surface area (Å²) in [6.45, 7) is 4.34. The maximum atomic E-state index is 12.4. The Morgan fingerprint density at radius 3 is 1.94 bits per heavy atom. The van der Waals surface area contributed by atoms with Crippen molar-refractivity contribution in [3.8, 4) is 11.5 Å². The van der Waals surface area contributed by atoms with Gasteiger partial charge in [0.2, 0.25) is 0 Å². The van der Waals surface area contributed by atoms with Crippen LogP contribution < -0.4 is 20.1 Å². The molecule has 1 heterocycles. The number of nitrogens with zero attached hydrogens (tertiary/aromatic N) is 2. The van der Waals surface area contributed by atoms with Crippen molar-refractivity contribution < 1.29 is 19.1 Å². The second kappa shape index (κ2) is 11.5. The predicted molar refractivity (Wildman–Crippen MR) is 123 cm³/mol. The molecule has 2 aromatic rings. The van der Waals surface area contributed by atoms with E-state index in [1.165, 1.54) is 0 Å². The van der Waals surface area contributed by atoms with E-state index in [4.69, 9.17) is 9.47 Å². The second-order valence-corrected chi connectivity index (χ2v) is 7.87. The Hall–Kier alpha value is -3.10. The molecule has 0 unspecified atom stereocenters. The van der Waals surface area contributed by atoms with Crippen LogP contribution in [0.2, 0.25) is 0 Å². The maximum Gasteiger partial charge on any atom is 0.309 e. The number of methoxy groups -OCH3 is 2. The molecular weight excluding hydrogens is 408 g/mol. The van der Waals surface area contributed by atoms with Crippen molar-refractivity contribution in [2.24, 2.45) is 0 Å². The van der Waals surface area contributed by atoms with Gasteiger partial charge in [-0.2, -0.15) is 0 Å².